The lowest BCUT2D eigenvalue weighted by Gasteiger charge is -2.10. The largest absolute Gasteiger partial charge is 0.376 e. The second-order valence-corrected chi connectivity index (χ2v) is 5.95. The van der Waals surface area contributed by atoms with Gasteiger partial charge >= 0.3 is 0 Å². The van der Waals surface area contributed by atoms with Gasteiger partial charge in [-0.1, -0.05) is 0 Å². The van der Waals surface area contributed by atoms with E-state index in [2.05, 4.69) is 10.3 Å². The van der Waals surface area contributed by atoms with Crippen LogP contribution < -0.4 is 5.32 Å². The minimum Gasteiger partial charge on any atom is -0.376 e. The Bertz CT molecular complexity index is 447. The van der Waals surface area contributed by atoms with Crippen LogP contribution in [0.25, 0.3) is 0 Å². The Hall–Kier alpha value is -0.720. The van der Waals surface area contributed by atoms with Crippen LogP contribution in [-0.2, 0) is 16.0 Å². The fourth-order valence-electron chi connectivity index (χ4n) is 1.85. The number of hydrogen-bond acceptors (Lipinski definition) is 4. The Labute approximate surface area is 109 Å². The maximum absolute atomic E-state index is 11.7. The summed E-state index contributed by atoms with van der Waals surface area (Å²) in [7, 11) is 0. The Morgan fingerprint density at radius 3 is 3.12 bits per heavy atom. The van der Waals surface area contributed by atoms with Crippen molar-refractivity contribution in [2.45, 2.75) is 32.3 Å². The molecule has 1 saturated heterocycles. The third kappa shape index (κ3) is 3.62. The summed E-state index contributed by atoms with van der Waals surface area (Å²) in [5.41, 5.74) is 0.993. The van der Waals surface area contributed by atoms with Crippen molar-refractivity contribution in [1.82, 2.24) is 10.3 Å². The third-order valence-electron chi connectivity index (χ3n) is 2.80. The number of aryl methyl sites for hydroxylation is 1. The fraction of sp³-hybridized carbons (Fsp3) is 0.636. The lowest BCUT2D eigenvalue weighted by Crippen LogP contribution is -2.32. The van der Waals surface area contributed by atoms with Gasteiger partial charge < -0.3 is 15.0 Å². The summed E-state index contributed by atoms with van der Waals surface area (Å²) in [6.45, 7) is 3.38. The molecule has 0 bridgehead atoms. The monoisotopic (exact) mass is 272 g/mol. The van der Waals surface area contributed by atoms with Crippen molar-refractivity contribution < 1.29 is 9.53 Å². The van der Waals surface area contributed by atoms with Crippen LogP contribution in [0.15, 0.2) is 0 Å². The molecule has 1 aromatic heterocycles. The summed E-state index contributed by atoms with van der Waals surface area (Å²) < 4.78 is 6.17. The van der Waals surface area contributed by atoms with Gasteiger partial charge in [-0.3, -0.25) is 4.79 Å². The molecule has 94 valence electrons. The van der Waals surface area contributed by atoms with Gasteiger partial charge in [-0.05, 0) is 32.0 Å². The van der Waals surface area contributed by atoms with Crippen LogP contribution in [0.5, 0.6) is 0 Å². The van der Waals surface area contributed by atoms with E-state index in [1.54, 1.807) is 0 Å². The number of rotatable bonds is 4. The predicted octanol–water partition coefficient (Wildman–Crippen LogP) is 1.95. The first kappa shape index (κ1) is 12.7. The van der Waals surface area contributed by atoms with Crippen molar-refractivity contribution in [3.8, 4) is 0 Å². The topological polar surface area (TPSA) is 54.1 Å². The molecule has 1 amide bonds. The van der Waals surface area contributed by atoms with Crippen molar-refractivity contribution in [1.29, 1.82) is 0 Å². The van der Waals surface area contributed by atoms with E-state index in [0.29, 0.717) is 13.0 Å². The molecular weight excluding hydrogens is 256 g/mol. The van der Waals surface area contributed by atoms with Crippen LogP contribution in [0.3, 0.4) is 0 Å². The quantitative estimate of drug-likeness (QED) is 0.824. The molecule has 0 radical (unpaired) electrons. The van der Waals surface area contributed by atoms with Crippen LogP contribution >= 0.6 is 23.6 Å². The molecule has 1 aliphatic heterocycles. The third-order valence-corrected chi connectivity index (χ3v) is 4.13. The van der Waals surface area contributed by atoms with Crippen molar-refractivity contribution >= 4 is 29.5 Å². The maximum atomic E-state index is 11.7. The number of thiazole rings is 1. The van der Waals surface area contributed by atoms with Crippen LogP contribution in [0.1, 0.15) is 23.4 Å². The van der Waals surface area contributed by atoms with Gasteiger partial charge in [0.1, 0.15) is 0 Å². The summed E-state index contributed by atoms with van der Waals surface area (Å²) >= 11 is 6.50. The molecule has 2 rings (SSSR count). The number of aromatic nitrogens is 1. The van der Waals surface area contributed by atoms with Crippen LogP contribution in [-0.4, -0.2) is 30.1 Å². The van der Waals surface area contributed by atoms with Crippen molar-refractivity contribution in [2.75, 3.05) is 13.2 Å². The molecule has 6 heteroatoms. The zero-order chi connectivity index (χ0) is 12.3. The molecule has 1 atom stereocenters. The summed E-state index contributed by atoms with van der Waals surface area (Å²) in [6, 6.07) is 0. The van der Waals surface area contributed by atoms with Gasteiger partial charge in [0.25, 0.3) is 0 Å². The summed E-state index contributed by atoms with van der Waals surface area (Å²) in [5.74, 6) is 0.0360. The lowest BCUT2D eigenvalue weighted by molar-refractivity contribution is -0.120. The number of amides is 1. The van der Waals surface area contributed by atoms with Crippen LogP contribution in [0.2, 0.25) is 0 Å². The number of carbonyl (C=O) groups is 1. The molecule has 1 aromatic rings. The Morgan fingerprint density at radius 1 is 1.71 bits per heavy atom. The van der Waals surface area contributed by atoms with Gasteiger partial charge in [0, 0.05) is 23.7 Å². The highest BCUT2D eigenvalue weighted by Gasteiger charge is 2.16. The molecule has 1 unspecified atom stereocenters. The summed E-state index contributed by atoms with van der Waals surface area (Å²) in [4.78, 5) is 15.8. The minimum atomic E-state index is 0.0360. The molecule has 17 heavy (non-hydrogen) atoms. The number of H-pyrrole nitrogens is 1. The molecule has 4 nitrogen and oxygen atoms in total. The highest BCUT2D eigenvalue weighted by atomic mass is 32.1. The van der Waals surface area contributed by atoms with Gasteiger partial charge in [0.15, 0.2) is 3.95 Å². The highest BCUT2D eigenvalue weighted by molar-refractivity contribution is 7.73. The van der Waals surface area contributed by atoms with Gasteiger partial charge in [-0.2, -0.15) is 0 Å². The van der Waals surface area contributed by atoms with Crippen molar-refractivity contribution in [3.63, 3.8) is 0 Å². The molecule has 2 N–H and O–H groups in total. The normalized spacial score (nSPS) is 19.5. The van der Waals surface area contributed by atoms with E-state index in [4.69, 9.17) is 17.0 Å². The first-order valence-electron chi connectivity index (χ1n) is 5.72. The maximum Gasteiger partial charge on any atom is 0.225 e. The van der Waals surface area contributed by atoms with Crippen LogP contribution in [0.4, 0.5) is 0 Å². The Morgan fingerprint density at radius 2 is 2.53 bits per heavy atom. The van der Waals surface area contributed by atoms with E-state index in [9.17, 15) is 4.79 Å². The van der Waals surface area contributed by atoms with Gasteiger partial charge in [0.2, 0.25) is 5.91 Å². The Kier molecular flexibility index (Phi) is 4.31. The zero-order valence-electron chi connectivity index (χ0n) is 9.75. The van der Waals surface area contributed by atoms with Gasteiger partial charge in [-0.25, -0.2) is 0 Å². The number of ether oxygens (including phenoxy) is 1. The first-order chi connectivity index (χ1) is 8.15. The molecule has 0 aromatic carbocycles. The summed E-state index contributed by atoms with van der Waals surface area (Å²) in [6.07, 6.45) is 2.74. The second-order valence-electron chi connectivity index (χ2n) is 4.18. The number of aromatic amines is 1. The van der Waals surface area contributed by atoms with E-state index in [-0.39, 0.29) is 12.0 Å². The fourth-order valence-corrected chi connectivity index (χ4v) is 3.14. The van der Waals surface area contributed by atoms with E-state index >= 15 is 0 Å². The summed E-state index contributed by atoms with van der Waals surface area (Å²) in [5, 5.41) is 2.90. The second kappa shape index (κ2) is 5.75. The van der Waals surface area contributed by atoms with Crippen molar-refractivity contribution in [3.05, 3.63) is 14.5 Å². The molecule has 0 saturated carbocycles. The van der Waals surface area contributed by atoms with E-state index in [1.807, 2.05) is 6.92 Å². The Balaban J connectivity index is 1.80. The van der Waals surface area contributed by atoms with E-state index in [1.165, 1.54) is 11.3 Å². The first-order valence-corrected chi connectivity index (χ1v) is 6.94. The zero-order valence-corrected chi connectivity index (χ0v) is 11.4. The minimum absolute atomic E-state index is 0.0360. The SMILES string of the molecule is Cc1[nH]c(=S)sc1CC(=O)NCC1CCCO1. The standard InChI is InChI=1S/C11H16N2O2S2/c1-7-9(17-11(16)13-7)5-10(14)12-6-8-3-2-4-15-8/h8H,2-6H2,1H3,(H,12,14)(H,13,16). The molecule has 0 spiro atoms. The number of hydrogen-bond donors (Lipinski definition) is 2. The molecular formula is C11H16N2O2S2. The van der Waals surface area contributed by atoms with Gasteiger partial charge in [-0.15, -0.1) is 11.3 Å². The molecule has 0 aliphatic carbocycles. The lowest BCUT2D eigenvalue weighted by atomic mass is 10.2. The predicted molar refractivity (Wildman–Crippen MR) is 69.9 cm³/mol. The van der Waals surface area contributed by atoms with E-state index < -0.39 is 0 Å². The van der Waals surface area contributed by atoms with Crippen LogP contribution in [0, 0.1) is 10.9 Å². The number of carbonyl (C=O) groups excluding carboxylic acids is 1. The van der Waals surface area contributed by atoms with E-state index in [0.717, 1.165) is 34.0 Å². The molecule has 1 fully saturated rings. The van der Waals surface area contributed by atoms with Gasteiger partial charge in [0.05, 0.1) is 12.5 Å². The average Bonchev–Trinajstić information content (AvgIpc) is 2.87. The average molecular weight is 272 g/mol. The highest BCUT2D eigenvalue weighted by Crippen LogP contribution is 2.15. The molecule has 1 aliphatic rings. The number of nitrogens with one attached hydrogen (secondary N) is 2. The smallest absolute Gasteiger partial charge is 0.225 e. The van der Waals surface area contributed by atoms with Crippen molar-refractivity contribution in [2.24, 2.45) is 0 Å². The molecule has 2 heterocycles.